The van der Waals surface area contributed by atoms with Crippen molar-refractivity contribution in [1.82, 2.24) is 5.43 Å². The summed E-state index contributed by atoms with van der Waals surface area (Å²) in [5.41, 5.74) is 2.09. The summed E-state index contributed by atoms with van der Waals surface area (Å²) in [6.07, 6.45) is -1.60. The van der Waals surface area contributed by atoms with Crippen LogP contribution >= 0.6 is 15.9 Å². The van der Waals surface area contributed by atoms with Crippen LogP contribution in [0.15, 0.2) is 46.0 Å². The summed E-state index contributed by atoms with van der Waals surface area (Å²) in [6.45, 7) is 4.92. The van der Waals surface area contributed by atoms with Gasteiger partial charge in [-0.25, -0.2) is 5.43 Å². The molecule has 0 spiro atoms. The highest BCUT2D eigenvalue weighted by Gasteiger charge is 2.30. The zero-order valence-corrected chi connectivity index (χ0v) is 21.0. The number of carbonyl (C=O) groups excluding carboxylic acids is 2. The van der Waals surface area contributed by atoms with Gasteiger partial charge in [0.25, 0.3) is 0 Å². The monoisotopic (exact) mass is 557 g/mol. The molecule has 0 saturated carbocycles. The van der Waals surface area contributed by atoms with Crippen molar-refractivity contribution < 1.29 is 32.2 Å². The fourth-order valence-electron chi connectivity index (χ4n) is 2.84. The van der Waals surface area contributed by atoms with Crippen molar-refractivity contribution in [1.29, 1.82) is 0 Å². The van der Waals surface area contributed by atoms with E-state index in [9.17, 15) is 22.8 Å². The molecule has 0 aliphatic carbocycles. The number of hydrogen-bond donors (Lipinski definition) is 2. The normalized spacial score (nSPS) is 11.4. The third-order valence-electron chi connectivity index (χ3n) is 4.53. The van der Waals surface area contributed by atoms with Crippen LogP contribution in [0.1, 0.15) is 50.7 Å². The fourth-order valence-corrected chi connectivity index (χ4v) is 3.42. The Kier molecular flexibility index (Phi) is 11.0. The van der Waals surface area contributed by atoms with E-state index in [-0.39, 0.29) is 18.5 Å². The zero-order valence-electron chi connectivity index (χ0n) is 19.4. The topological polar surface area (TPSA) is 89.0 Å². The minimum Gasteiger partial charge on any atom is -0.490 e. The average Bonchev–Trinajstić information content (AvgIpc) is 2.79. The van der Waals surface area contributed by atoms with Crippen molar-refractivity contribution in [2.45, 2.75) is 45.7 Å². The molecule has 35 heavy (non-hydrogen) atoms. The Balaban J connectivity index is 1.89. The second kappa shape index (κ2) is 13.7. The largest absolute Gasteiger partial charge is 0.490 e. The molecule has 2 aromatic carbocycles. The summed E-state index contributed by atoms with van der Waals surface area (Å²) in [6, 6.07) is 7.77. The van der Waals surface area contributed by atoms with Gasteiger partial charge in [-0.1, -0.05) is 19.4 Å². The van der Waals surface area contributed by atoms with Crippen molar-refractivity contribution in [3.63, 3.8) is 0 Å². The number of unbranched alkanes of at least 4 members (excludes halogenated alkanes) is 1. The summed E-state index contributed by atoms with van der Waals surface area (Å²) >= 11 is 3.46. The molecule has 11 heteroatoms. The lowest BCUT2D eigenvalue weighted by molar-refractivity contribution is -0.137. The van der Waals surface area contributed by atoms with Crippen molar-refractivity contribution in [3.8, 4) is 11.5 Å². The molecule has 7 nitrogen and oxygen atoms in total. The van der Waals surface area contributed by atoms with Gasteiger partial charge in [-0.3, -0.25) is 9.59 Å². The molecular formula is C24H27BrF3N3O4. The van der Waals surface area contributed by atoms with Gasteiger partial charge in [0.05, 0.1) is 29.5 Å². The number of rotatable bonds is 12. The fraction of sp³-hybridized carbons (Fsp3) is 0.375. The Morgan fingerprint density at radius 3 is 2.51 bits per heavy atom. The summed E-state index contributed by atoms with van der Waals surface area (Å²) in [7, 11) is 0. The molecule has 0 aliphatic heterocycles. The third-order valence-corrected chi connectivity index (χ3v) is 5.12. The van der Waals surface area contributed by atoms with Gasteiger partial charge < -0.3 is 14.8 Å². The van der Waals surface area contributed by atoms with Gasteiger partial charge >= 0.3 is 6.18 Å². The molecule has 0 fully saturated rings. The number of amides is 2. The molecule has 0 bridgehead atoms. The second-order valence-corrected chi connectivity index (χ2v) is 8.24. The van der Waals surface area contributed by atoms with Gasteiger partial charge in [0.1, 0.15) is 0 Å². The molecule has 190 valence electrons. The first-order valence-electron chi connectivity index (χ1n) is 11.0. The number of nitrogens with one attached hydrogen (secondary N) is 2. The van der Waals surface area contributed by atoms with E-state index in [2.05, 4.69) is 38.7 Å². The maximum Gasteiger partial charge on any atom is 0.416 e. The van der Waals surface area contributed by atoms with Gasteiger partial charge in [-0.2, -0.15) is 18.3 Å². The minimum absolute atomic E-state index is 0.000976. The maximum absolute atomic E-state index is 12.8. The number of hydrazone groups is 1. The number of halogens is 4. The summed E-state index contributed by atoms with van der Waals surface area (Å²) < 4.78 is 50.4. The van der Waals surface area contributed by atoms with Crippen molar-refractivity contribution in [3.05, 3.63) is 52.0 Å². The van der Waals surface area contributed by atoms with Crippen LogP contribution in [-0.2, 0) is 15.8 Å². The van der Waals surface area contributed by atoms with Gasteiger partial charge in [0.15, 0.2) is 11.5 Å². The highest BCUT2D eigenvalue weighted by atomic mass is 79.9. The Bertz CT molecular complexity index is 1050. The summed E-state index contributed by atoms with van der Waals surface area (Å²) in [4.78, 5) is 24.0. The van der Waals surface area contributed by atoms with E-state index < -0.39 is 23.6 Å². The van der Waals surface area contributed by atoms with E-state index in [1.807, 2.05) is 6.92 Å². The smallest absolute Gasteiger partial charge is 0.416 e. The van der Waals surface area contributed by atoms with E-state index in [0.29, 0.717) is 34.7 Å². The van der Waals surface area contributed by atoms with Crippen molar-refractivity contribution >= 4 is 39.6 Å². The van der Waals surface area contributed by atoms with Gasteiger partial charge in [0.2, 0.25) is 11.8 Å². The third kappa shape index (κ3) is 9.59. The molecule has 2 N–H and O–H groups in total. The standard InChI is InChI=1S/C24H27BrF3N3O4/c1-3-5-11-35-23-19(25)12-16(13-20(23)34-4-2)15-29-31-22(33)10-9-21(32)30-18-8-6-7-17(14-18)24(26,27)28/h6-8,12-15H,3-5,9-11H2,1-2H3,(H,30,32)(H,31,33). The van der Waals surface area contributed by atoms with E-state index in [4.69, 9.17) is 9.47 Å². The first kappa shape index (κ1) is 28.2. The lowest BCUT2D eigenvalue weighted by Crippen LogP contribution is -2.20. The van der Waals surface area contributed by atoms with Crippen LogP contribution in [0, 0.1) is 0 Å². The molecule has 2 amide bonds. The number of carbonyl (C=O) groups is 2. The molecule has 2 rings (SSSR count). The minimum atomic E-state index is -4.51. The van der Waals surface area contributed by atoms with E-state index in [0.717, 1.165) is 25.0 Å². The molecular weight excluding hydrogens is 531 g/mol. The van der Waals surface area contributed by atoms with E-state index in [1.165, 1.54) is 18.3 Å². The number of hydrogen-bond acceptors (Lipinski definition) is 5. The van der Waals surface area contributed by atoms with Gasteiger partial charge in [-0.15, -0.1) is 0 Å². The number of benzene rings is 2. The highest BCUT2D eigenvalue weighted by molar-refractivity contribution is 9.10. The number of alkyl halides is 3. The molecule has 0 unspecified atom stereocenters. The molecule has 0 aliphatic rings. The van der Waals surface area contributed by atoms with Crippen LogP contribution in [0.2, 0.25) is 0 Å². The molecule has 0 radical (unpaired) electrons. The van der Waals surface area contributed by atoms with Crippen molar-refractivity contribution in [2.75, 3.05) is 18.5 Å². The summed E-state index contributed by atoms with van der Waals surface area (Å²) in [5.74, 6) is 0.0155. The van der Waals surface area contributed by atoms with Gasteiger partial charge in [-0.05, 0) is 65.2 Å². The number of anilines is 1. The van der Waals surface area contributed by atoms with E-state index in [1.54, 1.807) is 12.1 Å². The zero-order chi connectivity index (χ0) is 25.8. The lowest BCUT2D eigenvalue weighted by atomic mass is 10.2. The van der Waals surface area contributed by atoms with Crippen LogP contribution in [0.4, 0.5) is 18.9 Å². The SMILES string of the molecule is CCCCOc1c(Br)cc(C=NNC(=O)CCC(=O)Nc2cccc(C(F)(F)F)c2)cc1OCC. The average molecular weight is 558 g/mol. The second-order valence-electron chi connectivity index (χ2n) is 7.38. The van der Waals surface area contributed by atoms with Crippen LogP contribution in [-0.4, -0.2) is 31.2 Å². The Labute approximate surface area is 210 Å². The Morgan fingerprint density at radius 1 is 1.09 bits per heavy atom. The van der Waals surface area contributed by atoms with Crippen LogP contribution in [0.3, 0.4) is 0 Å². The van der Waals surface area contributed by atoms with E-state index >= 15 is 0 Å². The summed E-state index contributed by atoms with van der Waals surface area (Å²) in [5, 5.41) is 6.24. The lowest BCUT2D eigenvalue weighted by Gasteiger charge is -2.14. The number of ether oxygens (including phenoxy) is 2. The molecule has 2 aromatic rings. The van der Waals surface area contributed by atoms with Crippen LogP contribution in [0.25, 0.3) is 0 Å². The first-order valence-corrected chi connectivity index (χ1v) is 11.8. The molecule has 0 atom stereocenters. The predicted molar refractivity (Wildman–Crippen MR) is 131 cm³/mol. The Hall–Kier alpha value is -3.08. The Morgan fingerprint density at radius 2 is 1.83 bits per heavy atom. The molecule has 0 heterocycles. The quantitative estimate of drug-likeness (QED) is 0.193. The number of nitrogens with zero attached hydrogens (tertiary/aromatic N) is 1. The first-order chi connectivity index (χ1) is 16.6. The van der Waals surface area contributed by atoms with Crippen molar-refractivity contribution in [2.24, 2.45) is 5.10 Å². The predicted octanol–water partition coefficient (Wildman–Crippen LogP) is 5.91. The van der Waals surface area contributed by atoms with Crippen LogP contribution in [0.5, 0.6) is 11.5 Å². The molecule has 0 saturated heterocycles. The molecule has 0 aromatic heterocycles. The highest BCUT2D eigenvalue weighted by Crippen LogP contribution is 2.36. The van der Waals surface area contributed by atoms with Gasteiger partial charge in [0, 0.05) is 18.5 Å². The maximum atomic E-state index is 12.8. The van der Waals surface area contributed by atoms with Crippen LogP contribution < -0.4 is 20.2 Å².